The Kier molecular flexibility index (Phi) is 3.18. The van der Waals surface area contributed by atoms with E-state index in [1.165, 1.54) is 0 Å². The molecule has 2 aromatic heterocycles. The summed E-state index contributed by atoms with van der Waals surface area (Å²) in [5, 5.41) is 11.1. The second kappa shape index (κ2) is 5.35. The first kappa shape index (κ1) is 13.7. The third kappa shape index (κ3) is 2.30. The summed E-state index contributed by atoms with van der Waals surface area (Å²) in [5.74, 6) is 0.623. The Morgan fingerprint density at radius 3 is 2.91 bits per heavy atom. The zero-order valence-corrected chi connectivity index (χ0v) is 12.6. The highest BCUT2D eigenvalue weighted by molar-refractivity contribution is 6.01. The molecule has 1 amide bonds. The van der Waals surface area contributed by atoms with Gasteiger partial charge in [-0.1, -0.05) is 18.2 Å². The standard InChI is InChI=1S/C16H16N6O/c1-11-9-13(16(23)22(11)12-5-3-2-4-6-12)19-14-15-20-18-10-21(15)8-7-17-14/h2-8,10-11,13H,9H2,1H3,(H,17,19)/t11-,13-/m0/s1. The van der Waals surface area contributed by atoms with E-state index in [9.17, 15) is 4.79 Å². The van der Waals surface area contributed by atoms with E-state index in [0.29, 0.717) is 17.9 Å². The first-order valence-corrected chi connectivity index (χ1v) is 7.53. The van der Waals surface area contributed by atoms with Gasteiger partial charge in [-0.2, -0.15) is 0 Å². The summed E-state index contributed by atoms with van der Waals surface area (Å²) in [6, 6.07) is 9.53. The van der Waals surface area contributed by atoms with Crippen LogP contribution in [0.3, 0.4) is 0 Å². The number of nitrogens with zero attached hydrogens (tertiary/aromatic N) is 5. The Morgan fingerprint density at radius 1 is 1.26 bits per heavy atom. The maximum absolute atomic E-state index is 12.8. The molecule has 1 aromatic carbocycles. The van der Waals surface area contributed by atoms with Crippen LogP contribution in [0.5, 0.6) is 0 Å². The van der Waals surface area contributed by atoms with Gasteiger partial charge in [-0.15, -0.1) is 10.2 Å². The van der Waals surface area contributed by atoms with Gasteiger partial charge in [0, 0.05) is 24.1 Å². The quantitative estimate of drug-likeness (QED) is 0.797. The number of para-hydroxylation sites is 1. The fourth-order valence-corrected chi connectivity index (χ4v) is 3.05. The smallest absolute Gasteiger partial charge is 0.249 e. The van der Waals surface area contributed by atoms with Crippen LogP contribution in [0, 0.1) is 0 Å². The van der Waals surface area contributed by atoms with E-state index in [2.05, 4.69) is 27.4 Å². The van der Waals surface area contributed by atoms with Crippen molar-refractivity contribution in [1.29, 1.82) is 0 Å². The van der Waals surface area contributed by atoms with E-state index in [0.717, 1.165) is 5.69 Å². The van der Waals surface area contributed by atoms with Crippen molar-refractivity contribution in [2.75, 3.05) is 10.2 Å². The van der Waals surface area contributed by atoms with Crippen LogP contribution in [0.15, 0.2) is 49.1 Å². The van der Waals surface area contributed by atoms with Crippen LogP contribution in [0.1, 0.15) is 13.3 Å². The molecule has 2 atom stereocenters. The first-order valence-electron chi connectivity index (χ1n) is 7.53. The number of carbonyl (C=O) groups is 1. The van der Waals surface area contributed by atoms with Crippen LogP contribution in [0.25, 0.3) is 5.65 Å². The number of carbonyl (C=O) groups excluding carboxylic acids is 1. The number of hydrogen-bond acceptors (Lipinski definition) is 5. The molecule has 23 heavy (non-hydrogen) atoms. The number of rotatable bonds is 3. The highest BCUT2D eigenvalue weighted by Crippen LogP contribution is 2.28. The minimum atomic E-state index is -0.319. The predicted molar refractivity (Wildman–Crippen MR) is 86.2 cm³/mol. The molecule has 0 spiro atoms. The molecule has 1 saturated heterocycles. The number of nitrogens with one attached hydrogen (secondary N) is 1. The van der Waals surface area contributed by atoms with Crippen molar-refractivity contribution >= 4 is 23.1 Å². The largest absolute Gasteiger partial charge is 0.355 e. The van der Waals surface area contributed by atoms with Gasteiger partial charge in [0.05, 0.1) is 0 Å². The lowest BCUT2D eigenvalue weighted by Gasteiger charge is -2.21. The fourth-order valence-electron chi connectivity index (χ4n) is 3.05. The monoisotopic (exact) mass is 308 g/mol. The third-order valence-corrected chi connectivity index (χ3v) is 4.11. The molecular formula is C16H16N6O. The maximum atomic E-state index is 12.8. The van der Waals surface area contributed by atoms with Crippen LogP contribution < -0.4 is 10.2 Å². The van der Waals surface area contributed by atoms with E-state index in [1.54, 1.807) is 23.1 Å². The molecule has 0 bridgehead atoms. The number of amides is 1. The van der Waals surface area contributed by atoms with E-state index >= 15 is 0 Å². The minimum Gasteiger partial charge on any atom is -0.355 e. The summed E-state index contributed by atoms with van der Waals surface area (Å²) in [5.41, 5.74) is 1.54. The third-order valence-electron chi connectivity index (χ3n) is 4.11. The molecule has 1 fully saturated rings. The van der Waals surface area contributed by atoms with Crippen LogP contribution in [-0.2, 0) is 4.79 Å². The molecule has 1 aliphatic heterocycles. The van der Waals surface area contributed by atoms with Crippen molar-refractivity contribution in [3.63, 3.8) is 0 Å². The molecule has 3 aromatic rings. The molecule has 7 heteroatoms. The summed E-state index contributed by atoms with van der Waals surface area (Å²) < 4.78 is 1.77. The fraction of sp³-hybridized carbons (Fsp3) is 0.250. The van der Waals surface area contributed by atoms with Crippen molar-refractivity contribution in [2.45, 2.75) is 25.4 Å². The van der Waals surface area contributed by atoms with Gasteiger partial charge in [0.25, 0.3) is 0 Å². The van der Waals surface area contributed by atoms with Gasteiger partial charge in [-0.25, -0.2) is 4.98 Å². The summed E-state index contributed by atoms with van der Waals surface area (Å²) >= 11 is 0. The summed E-state index contributed by atoms with van der Waals surface area (Å²) in [7, 11) is 0. The van der Waals surface area contributed by atoms with Gasteiger partial charge in [-0.05, 0) is 25.5 Å². The number of benzene rings is 1. The Balaban J connectivity index is 1.61. The van der Waals surface area contributed by atoms with Crippen LogP contribution in [0.2, 0.25) is 0 Å². The molecule has 0 aliphatic carbocycles. The molecule has 1 aliphatic rings. The van der Waals surface area contributed by atoms with E-state index in [-0.39, 0.29) is 18.0 Å². The molecule has 0 saturated carbocycles. The molecule has 0 unspecified atom stereocenters. The Morgan fingerprint density at radius 2 is 2.09 bits per heavy atom. The van der Waals surface area contributed by atoms with Crippen LogP contribution in [-0.4, -0.2) is 37.6 Å². The zero-order valence-electron chi connectivity index (χ0n) is 12.6. The Bertz CT molecular complexity index is 846. The van der Waals surface area contributed by atoms with E-state index in [4.69, 9.17) is 0 Å². The average Bonchev–Trinajstić information content (AvgIpc) is 3.14. The molecule has 4 rings (SSSR count). The lowest BCUT2D eigenvalue weighted by Crippen LogP contribution is -2.35. The van der Waals surface area contributed by atoms with Crippen molar-refractivity contribution in [1.82, 2.24) is 19.6 Å². The van der Waals surface area contributed by atoms with Gasteiger partial charge in [0.15, 0.2) is 5.82 Å². The molecule has 3 heterocycles. The van der Waals surface area contributed by atoms with Crippen molar-refractivity contribution in [3.8, 4) is 0 Å². The van der Waals surface area contributed by atoms with Gasteiger partial charge in [0.2, 0.25) is 11.6 Å². The Labute approximate surface area is 133 Å². The highest BCUT2D eigenvalue weighted by Gasteiger charge is 2.38. The number of anilines is 2. The van der Waals surface area contributed by atoms with Gasteiger partial charge in [0.1, 0.15) is 12.4 Å². The second-order valence-corrected chi connectivity index (χ2v) is 5.66. The lowest BCUT2D eigenvalue weighted by atomic mass is 10.2. The van der Waals surface area contributed by atoms with Crippen molar-refractivity contribution in [2.24, 2.45) is 0 Å². The predicted octanol–water partition coefficient (Wildman–Crippen LogP) is 1.73. The second-order valence-electron chi connectivity index (χ2n) is 5.66. The molecule has 1 N–H and O–H groups in total. The lowest BCUT2D eigenvalue weighted by molar-refractivity contribution is -0.117. The zero-order chi connectivity index (χ0) is 15.8. The van der Waals surface area contributed by atoms with Crippen molar-refractivity contribution in [3.05, 3.63) is 49.1 Å². The Hall–Kier alpha value is -2.96. The van der Waals surface area contributed by atoms with Crippen LogP contribution in [0.4, 0.5) is 11.5 Å². The van der Waals surface area contributed by atoms with Gasteiger partial charge < -0.3 is 10.2 Å². The first-order chi connectivity index (χ1) is 11.2. The SMILES string of the molecule is C[C@H]1C[C@H](Nc2nccn3cnnc23)C(=O)N1c1ccccc1. The van der Waals surface area contributed by atoms with Crippen molar-refractivity contribution < 1.29 is 4.79 Å². The normalized spacial score (nSPS) is 21.1. The van der Waals surface area contributed by atoms with E-state index < -0.39 is 0 Å². The number of hydrogen-bond donors (Lipinski definition) is 1. The van der Waals surface area contributed by atoms with Gasteiger partial charge >= 0.3 is 0 Å². The molecule has 0 radical (unpaired) electrons. The molecular weight excluding hydrogens is 292 g/mol. The molecule has 116 valence electrons. The summed E-state index contributed by atoms with van der Waals surface area (Å²) in [6.07, 6.45) is 5.76. The average molecular weight is 308 g/mol. The minimum absolute atomic E-state index is 0.0482. The van der Waals surface area contributed by atoms with Crippen LogP contribution >= 0.6 is 0 Å². The number of aromatic nitrogens is 4. The number of fused-ring (bicyclic) bond motifs is 1. The summed E-state index contributed by atoms with van der Waals surface area (Å²) in [4.78, 5) is 18.9. The maximum Gasteiger partial charge on any atom is 0.249 e. The van der Waals surface area contributed by atoms with Gasteiger partial charge in [-0.3, -0.25) is 9.20 Å². The van der Waals surface area contributed by atoms with E-state index in [1.807, 2.05) is 35.2 Å². The summed E-state index contributed by atoms with van der Waals surface area (Å²) in [6.45, 7) is 2.05. The topological polar surface area (TPSA) is 75.4 Å². The molecule has 7 nitrogen and oxygen atoms in total. The highest BCUT2D eigenvalue weighted by atomic mass is 16.2.